The number of carbonyl (C=O) groups excluding carboxylic acids is 1. The van der Waals surface area contributed by atoms with Gasteiger partial charge in [0.25, 0.3) is 0 Å². The first-order chi connectivity index (χ1) is 9.67. The fraction of sp³-hybridized carbons (Fsp3) is 0.562. The van der Waals surface area contributed by atoms with E-state index in [-0.39, 0.29) is 11.9 Å². The van der Waals surface area contributed by atoms with E-state index in [4.69, 9.17) is 0 Å². The smallest absolute Gasteiger partial charge is 0.242 e. The lowest BCUT2D eigenvalue weighted by atomic mass is 10.1. The standard InChI is InChI=1S/C16H25N3O/c1-4-18-11-13-7-8-14(12(2)10-13)19-9-5-6-15(19)16(20)17-3/h7-8,10,15,18H,4-6,9,11H2,1-3H3,(H,17,20). The van der Waals surface area contributed by atoms with E-state index in [0.29, 0.717) is 0 Å². The zero-order chi connectivity index (χ0) is 14.5. The van der Waals surface area contributed by atoms with Crippen molar-refractivity contribution in [2.75, 3.05) is 25.0 Å². The lowest BCUT2D eigenvalue weighted by Gasteiger charge is -2.27. The van der Waals surface area contributed by atoms with Crippen LogP contribution in [-0.4, -0.2) is 32.1 Å². The number of rotatable bonds is 5. The van der Waals surface area contributed by atoms with Gasteiger partial charge in [0, 0.05) is 25.8 Å². The van der Waals surface area contributed by atoms with E-state index in [2.05, 4.69) is 47.6 Å². The van der Waals surface area contributed by atoms with Crippen molar-refractivity contribution in [2.24, 2.45) is 0 Å². The quantitative estimate of drug-likeness (QED) is 0.861. The fourth-order valence-electron chi connectivity index (χ4n) is 2.91. The molecule has 2 N–H and O–H groups in total. The summed E-state index contributed by atoms with van der Waals surface area (Å²) in [7, 11) is 1.71. The summed E-state index contributed by atoms with van der Waals surface area (Å²) in [6.07, 6.45) is 2.02. The molecule has 0 saturated carbocycles. The second-order valence-corrected chi connectivity index (χ2v) is 5.37. The monoisotopic (exact) mass is 275 g/mol. The van der Waals surface area contributed by atoms with Crippen LogP contribution in [0.2, 0.25) is 0 Å². The summed E-state index contributed by atoms with van der Waals surface area (Å²) >= 11 is 0. The molecule has 1 aromatic carbocycles. The van der Waals surface area contributed by atoms with Crippen LogP contribution in [0.1, 0.15) is 30.9 Å². The van der Waals surface area contributed by atoms with E-state index >= 15 is 0 Å². The molecule has 1 saturated heterocycles. The molecule has 0 spiro atoms. The van der Waals surface area contributed by atoms with Gasteiger partial charge in [0.15, 0.2) is 0 Å². The summed E-state index contributed by atoms with van der Waals surface area (Å²) < 4.78 is 0. The maximum atomic E-state index is 12.0. The van der Waals surface area contributed by atoms with Crippen molar-refractivity contribution < 1.29 is 4.79 Å². The molecule has 1 aliphatic rings. The molecule has 110 valence electrons. The van der Waals surface area contributed by atoms with Gasteiger partial charge in [-0.3, -0.25) is 4.79 Å². The van der Waals surface area contributed by atoms with E-state index in [1.807, 2.05) is 0 Å². The van der Waals surface area contributed by atoms with E-state index in [1.54, 1.807) is 7.05 Å². The molecule has 1 amide bonds. The molecule has 0 radical (unpaired) electrons. The van der Waals surface area contributed by atoms with Crippen molar-refractivity contribution in [2.45, 2.75) is 39.3 Å². The molecule has 1 atom stereocenters. The highest BCUT2D eigenvalue weighted by molar-refractivity contribution is 5.86. The lowest BCUT2D eigenvalue weighted by molar-refractivity contribution is -0.121. The van der Waals surface area contributed by atoms with Crippen LogP contribution in [0.4, 0.5) is 5.69 Å². The van der Waals surface area contributed by atoms with Crippen molar-refractivity contribution in [3.8, 4) is 0 Å². The summed E-state index contributed by atoms with van der Waals surface area (Å²) in [5.74, 6) is 0.124. The average Bonchev–Trinajstić information content (AvgIpc) is 2.93. The molecule has 2 rings (SSSR count). The first-order valence-corrected chi connectivity index (χ1v) is 7.45. The Hall–Kier alpha value is -1.55. The molecule has 1 fully saturated rings. The van der Waals surface area contributed by atoms with Crippen molar-refractivity contribution in [3.05, 3.63) is 29.3 Å². The number of nitrogens with zero attached hydrogens (tertiary/aromatic N) is 1. The minimum absolute atomic E-state index is 0.0154. The van der Waals surface area contributed by atoms with Gasteiger partial charge in [0.05, 0.1) is 0 Å². The summed E-state index contributed by atoms with van der Waals surface area (Å²) in [4.78, 5) is 14.2. The Labute approximate surface area is 121 Å². The predicted octanol–water partition coefficient (Wildman–Crippen LogP) is 1.82. The summed E-state index contributed by atoms with van der Waals surface area (Å²) in [5.41, 5.74) is 3.73. The maximum absolute atomic E-state index is 12.0. The first-order valence-electron chi connectivity index (χ1n) is 7.45. The van der Waals surface area contributed by atoms with Gasteiger partial charge in [0.2, 0.25) is 5.91 Å². The fourth-order valence-corrected chi connectivity index (χ4v) is 2.91. The number of hydrogen-bond acceptors (Lipinski definition) is 3. The minimum atomic E-state index is -0.0154. The molecular weight excluding hydrogens is 250 g/mol. The minimum Gasteiger partial charge on any atom is -0.359 e. The van der Waals surface area contributed by atoms with Crippen molar-refractivity contribution in [3.63, 3.8) is 0 Å². The summed E-state index contributed by atoms with van der Waals surface area (Å²) in [5, 5.41) is 6.11. The van der Waals surface area contributed by atoms with Gasteiger partial charge < -0.3 is 15.5 Å². The molecule has 1 aliphatic heterocycles. The van der Waals surface area contributed by atoms with E-state index in [9.17, 15) is 4.79 Å². The molecule has 0 bridgehead atoms. The van der Waals surface area contributed by atoms with Gasteiger partial charge in [-0.05, 0) is 43.5 Å². The van der Waals surface area contributed by atoms with Gasteiger partial charge in [-0.25, -0.2) is 0 Å². The van der Waals surface area contributed by atoms with E-state index in [1.165, 1.54) is 16.8 Å². The molecule has 1 unspecified atom stereocenters. The van der Waals surface area contributed by atoms with Crippen LogP contribution in [0.15, 0.2) is 18.2 Å². The van der Waals surface area contributed by atoms with Crippen LogP contribution in [0.3, 0.4) is 0 Å². The number of amides is 1. The number of hydrogen-bond donors (Lipinski definition) is 2. The zero-order valence-corrected chi connectivity index (χ0v) is 12.7. The SMILES string of the molecule is CCNCc1ccc(N2CCCC2C(=O)NC)c(C)c1. The Balaban J connectivity index is 2.17. The van der Waals surface area contributed by atoms with Crippen molar-refractivity contribution >= 4 is 11.6 Å². The second-order valence-electron chi connectivity index (χ2n) is 5.37. The van der Waals surface area contributed by atoms with Gasteiger partial charge in [0.1, 0.15) is 6.04 Å². The molecule has 4 heteroatoms. The van der Waals surface area contributed by atoms with Crippen LogP contribution < -0.4 is 15.5 Å². The lowest BCUT2D eigenvalue weighted by Crippen LogP contribution is -2.42. The Bertz CT molecular complexity index is 473. The summed E-state index contributed by atoms with van der Waals surface area (Å²) in [6, 6.07) is 6.52. The Morgan fingerprint density at radius 2 is 2.25 bits per heavy atom. The Kier molecular flexibility index (Phi) is 5.01. The van der Waals surface area contributed by atoms with Gasteiger partial charge >= 0.3 is 0 Å². The summed E-state index contributed by atoms with van der Waals surface area (Å²) in [6.45, 7) is 7.08. The van der Waals surface area contributed by atoms with Crippen molar-refractivity contribution in [1.82, 2.24) is 10.6 Å². The molecule has 1 heterocycles. The molecule has 0 aromatic heterocycles. The van der Waals surface area contributed by atoms with Crippen LogP contribution in [0.5, 0.6) is 0 Å². The molecule has 4 nitrogen and oxygen atoms in total. The number of benzene rings is 1. The van der Waals surface area contributed by atoms with Gasteiger partial charge in [-0.15, -0.1) is 0 Å². The largest absolute Gasteiger partial charge is 0.359 e. The highest BCUT2D eigenvalue weighted by Crippen LogP contribution is 2.29. The van der Waals surface area contributed by atoms with E-state index < -0.39 is 0 Å². The van der Waals surface area contributed by atoms with Crippen molar-refractivity contribution in [1.29, 1.82) is 0 Å². The normalized spacial score (nSPS) is 18.4. The highest BCUT2D eigenvalue weighted by atomic mass is 16.2. The zero-order valence-electron chi connectivity index (χ0n) is 12.7. The molecule has 0 aliphatic carbocycles. The molecular formula is C16H25N3O. The number of aryl methyl sites for hydroxylation is 1. The second kappa shape index (κ2) is 6.75. The van der Waals surface area contributed by atoms with Crippen LogP contribution in [0.25, 0.3) is 0 Å². The van der Waals surface area contributed by atoms with Crippen LogP contribution >= 0.6 is 0 Å². The topological polar surface area (TPSA) is 44.4 Å². The van der Waals surface area contributed by atoms with Crippen LogP contribution in [0, 0.1) is 6.92 Å². The number of nitrogens with one attached hydrogen (secondary N) is 2. The first kappa shape index (κ1) is 14.9. The molecule has 20 heavy (non-hydrogen) atoms. The van der Waals surface area contributed by atoms with Gasteiger partial charge in [-0.1, -0.05) is 19.1 Å². The number of likely N-dealkylation sites (N-methyl/N-ethyl adjacent to an activating group) is 1. The number of carbonyl (C=O) groups is 1. The number of anilines is 1. The van der Waals surface area contributed by atoms with Crippen LogP contribution in [-0.2, 0) is 11.3 Å². The third-order valence-corrected chi connectivity index (χ3v) is 3.95. The third-order valence-electron chi connectivity index (χ3n) is 3.95. The Morgan fingerprint density at radius 1 is 1.45 bits per heavy atom. The Morgan fingerprint density at radius 3 is 2.90 bits per heavy atom. The predicted molar refractivity (Wildman–Crippen MR) is 83.0 cm³/mol. The molecule has 1 aromatic rings. The third kappa shape index (κ3) is 3.12. The maximum Gasteiger partial charge on any atom is 0.242 e. The van der Waals surface area contributed by atoms with Gasteiger partial charge in [-0.2, -0.15) is 0 Å². The average molecular weight is 275 g/mol. The highest BCUT2D eigenvalue weighted by Gasteiger charge is 2.30. The van der Waals surface area contributed by atoms with E-state index in [0.717, 1.165) is 32.5 Å².